The van der Waals surface area contributed by atoms with Crippen molar-refractivity contribution < 1.29 is 29.3 Å². The molecule has 1 saturated carbocycles. The van der Waals surface area contributed by atoms with Crippen LogP contribution in [0.15, 0.2) is 0 Å². The van der Waals surface area contributed by atoms with Crippen LogP contribution in [-0.4, -0.2) is 63.9 Å². The molecule has 2 aliphatic rings. The van der Waals surface area contributed by atoms with Crippen molar-refractivity contribution in [1.29, 1.82) is 0 Å². The Morgan fingerprint density at radius 1 is 1.20 bits per heavy atom. The fourth-order valence-corrected chi connectivity index (χ4v) is 3.42. The van der Waals surface area contributed by atoms with Gasteiger partial charge in [-0.25, -0.2) is 9.59 Å². The molecule has 2 amide bonds. The minimum atomic E-state index is -1.16. The smallest absolute Gasteiger partial charge is 0.408 e. The van der Waals surface area contributed by atoms with Crippen LogP contribution in [0.1, 0.15) is 52.9 Å². The topological polar surface area (TPSA) is 116 Å². The molecule has 0 aromatic rings. The van der Waals surface area contributed by atoms with Crippen LogP contribution in [-0.2, 0) is 14.3 Å². The van der Waals surface area contributed by atoms with Gasteiger partial charge in [0, 0.05) is 13.0 Å². The molecule has 3 N–H and O–H groups in total. The van der Waals surface area contributed by atoms with Crippen LogP contribution >= 0.6 is 0 Å². The van der Waals surface area contributed by atoms with Gasteiger partial charge in [0.1, 0.15) is 18.2 Å². The number of aliphatic carboxylic acids is 1. The number of likely N-dealkylation sites (tertiary alicyclic amines) is 1. The maximum absolute atomic E-state index is 12.9. The van der Waals surface area contributed by atoms with E-state index in [4.69, 9.17) is 4.74 Å². The molecule has 3 atom stereocenters. The summed E-state index contributed by atoms with van der Waals surface area (Å²) in [5, 5.41) is 21.7. The van der Waals surface area contributed by atoms with Gasteiger partial charge in [0.2, 0.25) is 5.91 Å². The summed E-state index contributed by atoms with van der Waals surface area (Å²) in [6, 6.07) is -2.02. The largest absolute Gasteiger partial charge is 0.480 e. The van der Waals surface area contributed by atoms with Crippen molar-refractivity contribution in [3.05, 3.63) is 0 Å². The van der Waals surface area contributed by atoms with Crippen LogP contribution in [0.3, 0.4) is 0 Å². The number of rotatable bonds is 4. The minimum Gasteiger partial charge on any atom is -0.480 e. The van der Waals surface area contributed by atoms with E-state index >= 15 is 0 Å². The lowest BCUT2D eigenvalue weighted by Gasteiger charge is -2.34. The first-order chi connectivity index (χ1) is 11.6. The second-order valence-corrected chi connectivity index (χ2v) is 7.99. The van der Waals surface area contributed by atoms with Gasteiger partial charge < -0.3 is 25.2 Å². The van der Waals surface area contributed by atoms with E-state index in [1.54, 1.807) is 20.8 Å². The van der Waals surface area contributed by atoms with Crippen molar-refractivity contribution in [2.45, 2.75) is 77.2 Å². The number of β-amino-alcohol motifs (C(OH)–C–C–N with tert-alkyl or cyclic N) is 1. The molecule has 1 saturated heterocycles. The molecule has 8 nitrogen and oxygen atoms in total. The first-order valence-corrected chi connectivity index (χ1v) is 8.78. The standard InChI is InChI=1S/C17H28N2O6/c1-17(2,3)13(18-16(24)25-11-6-4-5-7-11)14(21)19-9-10(20)8-12(19)15(22)23/h10-13,20H,4-9H2,1-3H3,(H,18,24)(H,22,23). The summed E-state index contributed by atoms with van der Waals surface area (Å²) in [5.41, 5.74) is -0.637. The highest BCUT2D eigenvalue weighted by Gasteiger charge is 2.44. The number of aliphatic hydroxyl groups excluding tert-OH is 1. The van der Waals surface area contributed by atoms with Gasteiger partial charge in [0.15, 0.2) is 0 Å². The normalized spacial score (nSPS) is 25.7. The molecule has 1 heterocycles. The zero-order valence-electron chi connectivity index (χ0n) is 15.0. The lowest BCUT2D eigenvalue weighted by Crippen LogP contribution is -2.57. The van der Waals surface area contributed by atoms with E-state index in [-0.39, 0.29) is 19.1 Å². The highest BCUT2D eigenvalue weighted by molar-refractivity contribution is 5.90. The first-order valence-electron chi connectivity index (χ1n) is 8.78. The fourth-order valence-electron chi connectivity index (χ4n) is 3.42. The second-order valence-electron chi connectivity index (χ2n) is 7.99. The Morgan fingerprint density at radius 3 is 2.32 bits per heavy atom. The Balaban J connectivity index is 2.09. The van der Waals surface area contributed by atoms with Gasteiger partial charge in [-0.2, -0.15) is 0 Å². The molecule has 2 rings (SSSR count). The number of carboxylic acids is 1. The van der Waals surface area contributed by atoms with E-state index in [1.165, 1.54) is 0 Å². The molecular weight excluding hydrogens is 328 g/mol. The average molecular weight is 356 g/mol. The molecule has 1 aliphatic heterocycles. The van der Waals surface area contributed by atoms with E-state index in [2.05, 4.69) is 5.32 Å². The van der Waals surface area contributed by atoms with E-state index in [1.807, 2.05) is 0 Å². The number of carbonyl (C=O) groups is 3. The predicted octanol–water partition coefficient (Wildman–Crippen LogP) is 1.12. The number of carbonyl (C=O) groups excluding carboxylic acids is 2. The van der Waals surface area contributed by atoms with Crippen molar-refractivity contribution in [2.75, 3.05) is 6.54 Å². The lowest BCUT2D eigenvalue weighted by molar-refractivity contribution is -0.150. The van der Waals surface area contributed by atoms with Crippen LogP contribution < -0.4 is 5.32 Å². The van der Waals surface area contributed by atoms with E-state index < -0.39 is 41.6 Å². The Labute approximate surface area is 147 Å². The SMILES string of the molecule is CC(C)(C)C(NC(=O)OC1CCCC1)C(=O)N1CC(O)CC1C(=O)O. The maximum atomic E-state index is 12.9. The summed E-state index contributed by atoms with van der Waals surface area (Å²) >= 11 is 0. The zero-order valence-corrected chi connectivity index (χ0v) is 15.0. The van der Waals surface area contributed by atoms with Crippen molar-refractivity contribution in [1.82, 2.24) is 10.2 Å². The first kappa shape index (κ1) is 19.5. The molecule has 0 radical (unpaired) electrons. The van der Waals surface area contributed by atoms with Crippen LogP contribution in [0.5, 0.6) is 0 Å². The maximum Gasteiger partial charge on any atom is 0.408 e. The van der Waals surface area contributed by atoms with Gasteiger partial charge in [0.25, 0.3) is 0 Å². The number of hydrogen-bond donors (Lipinski definition) is 3. The second kappa shape index (κ2) is 7.59. The highest BCUT2D eigenvalue weighted by atomic mass is 16.6. The molecule has 142 valence electrons. The van der Waals surface area contributed by atoms with Crippen molar-refractivity contribution in [3.8, 4) is 0 Å². The van der Waals surface area contributed by atoms with Crippen LogP contribution in [0.4, 0.5) is 4.79 Å². The fraction of sp³-hybridized carbons (Fsp3) is 0.824. The molecule has 25 heavy (non-hydrogen) atoms. The third kappa shape index (κ3) is 4.84. The number of hydrogen-bond acceptors (Lipinski definition) is 5. The van der Waals surface area contributed by atoms with E-state index in [0.717, 1.165) is 30.6 Å². The van der Waals surface area contributed by atoms with Crippen LogP contribution in [0, 0.1) is 5.41 Å². The zero-order chi connectivity index (χ0) is 18.8. The number of amides is 2. The van der Waals surface area contributed by atoms with E-state index in [0.29, 0.717) is 0 Å². The van der Waals surface area contributed by atoms with Crippen LogP contribution in [0.25, 0.3) is 0 Å². The summed E-state index contributed by atoms with van der Waals surface area (Å²) < 4.78 is 5.36. The average Bonchev–Trinajstić information content (AvgIpc) is 3.12. The quantitative estimate of drug-likeness (QED) is 0.695. The monoisotopic (exact) mass is 356 g/mol. The van der Waals surface area contributed by atoms with Crippen molar-refractivity contribution >= 4 is 18.0 Å². The Hall–Kier alpha value is -1.83. The molecule has 8 heteroatoms. The van der Waals surface area contributed by atoms with Crippen molar-refractivity contribution in [3.63, 3.8) is 0 Å². The number of carboxylic acid groups (broad SMARTS) is 1. The van der Waals surface area contributed by atoms with Gasteiger partial charge in [-0.05, 0) is 31.1 Å². The molecule has 2 fully saturated rings. The summed E-state index contributed by atoms with van der Waals surface area (Å²) in [5.74, 6) is -1.68. The molecule has 0 spiro atoms. The van der Waals surface area contributed by atoms with Crippen LogP contribution in [0.2, 0.25) is 0 Å². The number of alkyl carbamates (subject to hydrolysis) is 1. The van der Waals surface area contributed by atoms with Gasteiger partial charge in [-0.1, -0.05) is 20.8 Å². The molecule has 0 aromatic heterocycles. The summed E-state index contributed by atoms with van der Waals surface area (Å²) in [4.78, 5) is 37.6. The van der Waals surface area contributed by atoms with E-state index in [9.17, 15) is 24.6 Å². The summed E-state index contributed by atoms with van der Waals surface area (Å²) in [6.07, 6.45) is 2.00. The molecular formula is C17H28N2O6. The highest BCUT2D eigenvalue weighted by Crippen LogP contribution is 2.27. The number of ether oxygens (including phenoxy) is 1. The number of nitrogens with one attached hydrogen (secondary N) is 1. The Bertz CT molecular complexity index is 524. The summed E-state index contributed by atoms with van der Waals surface area (Å²) in [7, 11) is 0. The van der Waals surface area contributed by atoms with Gasteiger partial charge in [-0.3, -0.25) is 4.79 Å². The predicted molar refractivity (Wildman–Crippen MR) is 88.9 cm³/mol. The molecule has 1 aliphatic carbocycles. The van der Waals surface area contributed by atoms with Gasteiger partial charge >= 0.3 is 12.1 Å². The lowest BCUT2D eigenvalue weighted by atomic mass is 9.85. The molecule has 0 aromatic carbocycles. The third-order valence-electron chi connectivity index (χ3n) is 4.80. The van der Waals surface area contributed by atoms with Crippen molar-refractivity contribution in [2.24, 2.45) is 5.41 Å². The number of nitrogens with zero attached hydrogens (tertiary/aromatic N) is 1. The number of aliphatic hydroxyl groups is 1. The Morgan fingerprint density at radius 2 is 1.80 bits per heavy atom. The Kier molecular flexibility index (Phi) is 5.92. The van der Waals surface area contributed by atoms with Gasteiger partial charge in [-0.15, -0.1) is 0 Å². The summed E-state index contributed by atoms with van der Waals surface area (Å²) in [6.45, 7) is 5.30. The minimum absolute atomic E-state index is 0.00947. The van der Waals surface area contributed by atoms with Gasteiger partial charge in [0.05, 0.1) is 6.10 Å². The third-order valence-corrected chi connectivity index (χ3v) is 4.80. The molecule has 3 unspecified atom stereocenters. The molecule has 0 bridgehead atoms.